The van der Waals surface area contributed by atoms with Crippen LogP contribution in [0.2, 0.25) is 0 Å². The molecule has 0 heterocycles. The van der Waals surface area contributed by atoms with Crippen molar-refractivity contribution in [1.29, 1.82) is 0 Å². The van der Waals surface area contributed by atoms with E-state index in [9.17, 15) is 4.79 Å². The number of carbonyl (C=O) groups excluding carboxylic acids is 1. The molecule has 6 nitrogen and oxygen atoms in total. The minimum absolute atomic E-state index is 0. The molecule has 0 N–H and O–H groups in total. The SMILES string of the molecule is COCCOc1ccc(PC(=O)c2c(OC)cc(OC)cc2OC)c(C)c1.[Li]. The van der Waals surface area contributed by atoms with Gasteiger partial charge in [-0.05, 0) is 38.5 Å². The van der Waals surface area contributed by atoms with E-state index in [1.165, 1.54) is 14.2 Å². The number of methoxy groups -OCH3 is 4. The van der Waals surface area contributed by atoms with Gasteiger partial charge in [-0.25, -0.2) is 0 Å². The van der Waals surface area contributed by atoms with E-state index in [2.05, 4.69) is 0 Å². The molecule has 0 bridgehead atoms. The van der Waals surface area contributed by atoms with Gasteiger partial charge in [0.1, 0.15) is 35.2 Å². The van der Waals surface area contributed by atoms with Crippen LogP contribution in [0, 0.1) is 6.92 Å². The normalized spacial score (nSPS) is 10.5. The molecule has 0 aliphatic heterocycles. The first kappa shape index (κ1) is 24.3. The van der Waals surface area contributed by atoms with Gasteiger partial charge in [-0.1, -0.05) is 6.07 Å². The molecule has 2 aromatic carbocycles. The fourth-order valence-corrected chi connectivity index (χ4v) is 3.58. The molecule has 0 aliphatic carbocycles. The summed E-state index contributed by atoms with van der Waals surface area (Å²) in [6.07, 6.45) is 0. The Hall–Kier alpha value is -1.70. The van der Waals surface area contributed by atoms with Crippen molar-refractivity contribution in [3.8, 4) is 23.0 Å². The molecule has 0 spiro atoms. The maximum absolute atomic E-state index is 13.0. The summed E-state index contributed by atoms with van der Waals surface area (Å²) in [4.78, 5) is 13.0. The summed E-state index contributed by atoms with van der Waals surface area (Å²) in [6, 6.07) is 9.06. The summed E-state index contributed by atoms with van der Waals surface area (Å²) in [5, 5.41) is 0.944. The second-order valence-corrected chi connectivity index (χ2v) is 6.92. The van der Waals surface area contributed by atoms with E-state index in [-0.39, 0.29) is 33.0 Å². The van der Waals surface area contributed by atoms with Gasteiger partial charge >= 0.3 is 0 Å². The fraction of sp³-hybridized carbons (Fsp3) is 0.350. The average molecular weight is 399 g/mol. The average Bonchev–Trinajstić information content (AvgIpc) is 2.68. The monoisotopic (exact) mass is 399 g/mol. The van der Waals surface area contributed by atoms with Gasteiger partial charge in [-0.2, -0.15) is 0 Å². The van der Waals surface area contributed by atoms with Crippen LogP contribution in [0.1, 0.15) is 15.9 Å². The van der Waals surface area contributed by atoms with Crippen LogP contribution in [0.3, 0.4) is 0 Å². The number of rotatable bonds is 10. The molecule has 0 aromatic heterocycles. The number of benzene rings is 2. The van der Waals surface area contributed by atoms with E-state index in [1.807, 2.05) is 25.1 Å². The third kappa shape index (κ3) is 6.15. The van der Waals surface area contributed by atoms with Crippen LogP contribution in [0.4, 0.5) is 0 Å². The number of hydrogen-bond donors (Lipinski definition) is 0. The number of aryl methyl sites for hydroxylation is 1. The zero-order valence-corrected chi connectivity index (χ0v) is 18.3. The molecule has 1 radical (unpaired) electrons. The van der Waals surface area contributed by atoms with E-state index in [0.717, 1.165) is 16.6 Å². The Kier molecular flexibility index (Phi) is 10.4. The zero-order valence-electron chi connectivity index (χ0n) is 17.3. The molecule has 0 amide bonds. The molecule has 2 aromatic rings. The molecule has 28 heavy (non-hydrogen) atoms. The van der Waals surface area contributed by atoms with Crippen LogP contribution in [0.15, 0.2) is 30.3 Å². The Morgan fingerprint density at radius 1 is 0.893 bits per heavy atom. The predicted molar refractivity (Wildman–Crippen MR) is 113 cm³/mol. The summed E-state index contributed by atoms with van der Waals surface area (Å²) < 4.78 is 26.6. The van der Waals surface area contributed by atoms with Crippen molar-refractivity contribution in [2.24, 2.45) is 0 Å². The van der Waals surface area contributed by atoms with Crippen LogP contribution >= 0.6 is 8.58 Å². The maximum atomic E-state index is 13.0. The van der Waals surface area contributed by atoms with Gasteiger partial charge in [-0.3, -0.25) is 4.79 Å². The third-order valence-corrected chi connectivity index (χ3v) is 5.25. The van der Waals surface area contributed by atoms with Gasteiger partial charge < -0.3 is 23.7 Å². The van der Waals surface area contributed by atoms with Crippen LogP contribution < -0.4 is 24.3 Å². The zero-order chi connectivity index (χ0) is 19.8. The minimum Gasteiger partial charge on any atom is -0.496 e. The Bertz CT molecular complexity index is 771. The summed E-state index contributed by atoms with van der Waals surface area (Å²) >= 11 is 0. The molecular weight excluding hydrogens is 374 g/mol. The van der Waals surface area contributed by atoms with Gasteiger partial charge in [0.25, 0.3) is 0 Å². The molecule has 0 fully saturated rings. The molecular formula is C20H25LiO6P. The molecule has 0 aliphatic rings. The molecule has 1 unspecified atom stereocenters. The predicted octanol–water partition coefficient (Wildman–Crippen LogP) is 2.81. The van der Waals surface area contributed by atoms with Crippen LogP contribution in [0.25, 0.3) is 0 Å². The van der Waals surface area contributed by atoms with Crippen LogP contribution in [-0.4, -0.2) is 66.0 Å². The van der Waals surface area contributed by atoms with E-state index in [0.29, 0.717) is 36.0 Å². The Morgan fingerprint density at radius 3 is 2.04 bits per heavy atom. The molecule has 2 rings (SSSR count). The van der Waals surface area contributed by atoms with Crippen molar-refractivity contribution >= 4 is 38.3 Å². The van der Waals surface area contributed by atoms with Crippen molar-refractivity contribution in [2.45, 2.75) is 6.92 Å². The number of hydrogen-bond acceptors (Lipinski definition) is 6. The van der Waals surface area contributed by atoms with Gasteiger partial charge in [-0.15, -0.1) is 0 Å². The summed E-state index contributed by atoms with van der Waals surface area (Å²) in [6.45, 7) is 2.97. The van der Waals surface area contributed by atoms with E-state index in [4.69, 9.17) is 23.7 Å². The fourth-order valence-electron chi connectivity index (χ4n) is 2.52. The number of carbonyl (C=O) groups is 1. The largest absolute Gasteiger partial charge is 0.496 e. The van der Waals surface area contributed by atoms with Gasteiger partial charge in [0.15, 0.2) is 5.52 Å². The summed E-state index contributed by atoms with van der Waals surface area (Å²) in [7, 11) is 6.15. The molecule has 1 atom stereocenters. The van der Waals surface area contributed by atoms with E-state index in [1.54, 1.807) is 26.4 Å². The maximum Gasteiger partial charge on any atom is 0.193 e. The van der Waals surface area contributed by atoms with Gasteiger partial charge in [0.2, 0.25) is 0 Å². The first-order chi connectivity index (χ1) is 13.0. The molecule has 8 heteroatoms. The van der Waals surface area contributed by atoms with Crippen molar-refractivity contribution in [3.05, 3.63) is 41.5 Å². The van der Waals surface area contributed by atoms with Crippen molar-refractivity contribution in [1.82, 2.24) is 0 Å². The molecule has 0 saturated carbocycles. The van der Waals surface area contributed by atoms with E-state index < -0.39 is 0 Å². The second kappa shape index (κ2) is 12.0. The van der Waals surface area contributed by atoms with Crippen LogP contribution in [-0.2, 0) is 4.74 Å². The standard InChI is InChI=1S/C20H25O6P.Li/c1-13-10-14(26-9-8-22-2)6-7-18(13)27-20(21)19-16(24-4)11-15(23-3)12-17(19)25-5;/h6-7,10-12,27H,8-9H2,1-5H3;. The molecule has 147 valence electrons. The van der Waals surface area contributed by atoms with Gasteiger partial charge in [0.05, 0.1) is 27.9 Å². The van der Waals surface area contributed by atoms with E-state index >= 15 is 0 Å². The van der Waals surface area contributed by atoms with Crippen molar-refractivity contribution in [2.75, 3.05) is 41.7 Å². The van der Waals surface area contributed by atoms with Crippen molar-refractivity contribution < 1.29 is 28.5 Å². The quantitative estimate of drug-likeness (QED) is 0.348. The van der Waals surface area contributed by atoms with Crippen LogP contribution in [0.5, 0.6) is 23.0 Å². The smallest absolute Gasteiger partial charge is 0.193 e. The third-order valence-electron chi connectivity index (χ3n) is 3.94. The second-order valence-electron chi connectivity index (χ2n) is 5.68. The summed E-state index contributed by atoms with van der Waals surface area (Å²) in [5.41, 5.74) is 1.34. The topological polar surface area (TPSA) is 63.2 Å². The van der Waals surface area contributed by atoms with Crippen molar-refractivity contribution in [3.63, 3.8) is 0 Å². The first-order valence-corrected chi connectivity index (χ1v) is 9.37. The first-order valence-electron chi connectivity index (χ1n) is 8.37. The Labute approximate surface area is 179 Å². The minimum atomic E-state index is -0.0704. The summed E-state index contributed by atoms with van der Waals surface area (Å²) in [5.74, 6) is 2.18. The Balaban J connectivity index is 0.00000392. The van der Waals surface area contributed by atoms with Gasteiger partial charge in [0, 0.05) is 38.1 Å². The number of ether oxygens (including phenoxy) is 5. The molecule has 0 saturated heterocycles. The Morgan fingerprint density at radius 2 is 1.54 bits per heavy atom.